The number of nitrogens with one attached hydrogen (secondary N) is 1. The van der Waals surface area contributed by atoms with Crippen molar-refractivity contribution in [3.8, 4) is 5.75 Å². The topological polar surface area (TPSA) is 103 Å². The lowest BCUT2D eigenvalue weighted by Crippen LogP contribution is -2.38. The Labute approximate surface area is 177 Å². The van der Waals surface area contributed by atoms with Crippen molar-refractivity contribution in [2.75, 3.05) is 19.8 Å². The molecule has 30 heavy (non-hydrogen) atoms. The van der Waals surface area contributed by atoms with Crippen molar-refractivity contribution in [2.45, 2.75) is 70.8 Å². The average molecular weight is 424 g/mol. The number of ether oxygens (including phenoxy) is 4. The molecule has 8 nitrogen and oxygen atoms in total. The van der Waals surface area contributed by atoms with Gasteiger partial charge in [0.2, 0.25) is 0 Å². The highest BCUT2D eigenvalue weighted by atomic mass is 16.7. The second-order valence-electron chi connectivity index (χ2n) is 8.21. The summed E-state index contributed by atoms with van der Waals surface area (Å²) in [5, 5.41) is 11.8. The van der Waals surface area contributed by atoms with E-state index >= 15 is 0 Å². The smallest absolute Gasteiger partial charge is 0.408 e. The molecule has 1 heterocycles. The predicted octanol–water partition coefficient (Wildman–Crippen LogP) is 4.04. The molecule has 0 aromatic heterocycles. The molecule has 0 spiro atoms. The number of hydrogen-bond acceptors (Lipinski definition) is 6. The number of carboxylic acids is 1. The summed E-state index contributed by atoms with van der Waals surface area (Å²) in [4.78, 5) is 23.5. The Bertz CT molecular complexity index is 663. The van der Waals surface area contributed by atoms with E-state index in [1.807, 2.05) is 0 Å². The van der Waals surface area contributed by atoms with E-state index in [9.17, 15) is 14.7 Å². The molecule has 0 radical (unpaired) electrons. The minimum Gasteiger partial charge on any atom is -0.494 e. The summed E-state index contributed by atoms with van der Waals surface area (Å²) in [6, 6.07) is 5.42. The normalized spacial score (nSPS) is 17.8. The van der Waals surface area contributed by atoms with Crippen LogP contribution in [0.25, 0.3) is 0 Å². The molecule has 8 heteroatoms. The van der Waals surface area contributed by atoms with Gasteiger partial charge in [-0.15, -0.1) is 0 Å². The predicted molar refractivity (Wildman–Crippen MR) is 110 cm³/mol. The third kappa shape index (κ3) is 9.00. The van der Waals surface area contributed by atoms with E-state index in [1.54, 1.807) is 45.0 Å². The van der Waals surface area contributed by atoms with Crippen molar-refractivity contribution in [1.82, 2.24) is 5.32 Å². The molecular formula is C22H33NO7. The number of unbranched alkanes of at least 4 members (excludes halogenated alkanes) is 1. The third-order valence-corrected chi connectivity index (χ3v) is 4.37. The van der Waals surface area contributed by atoms with Crippen LogP contribution in [0.3, 0.4) is 0 Å². The van der Waals surface area contributed by atoms with Crippen LogP contribution in [-0.2, 0) is 19.0 Å². The SMILES string of the molecule is CC(C)(C)OC(=O)NC(C(=O)O)c1ccc(OCCCCOC2CCCCO2)cc1. The lowest BCUT2D eigenvalue weighted by molar-refractivity contribution is -0.162. The van der Waals surface area contributed by atoms with E-state index < -0.39 is 23.7 Å². The quantitative estimate of drug-likeness (QED) is 0.547. The minimum atomic E-state index is -1.20. The summed E-state index contributed by atoms with van der Waals surface area (Å²) in [6.45, 7) is 7.09. The van der Waals surface area contributed by atoms with Crippen molar-refractivity contribution in [3.05, 3.63) is 29.8 Å². The van der Waals surface area contributed by atoms with Gasteiger partial charge in [-0.25, -0.2) is 9.59 Å². The van der Waals surface area contributed by atoms with Crippen LogP contribution in [0.5, 0.6) is 5.75 Å². The van der Waals surface area contributed by atoms with Crippen LogP contribution in [0, 0.1) is 0 Å². The molecule has 1 aromatic carbocycles. The molecule has 0 aliphatic carbocycles. The van der Waals surface area contributed by atoms with Gasteiger partial charge in [0.25, 0.3) is 0 Å². The highest BCUT2D eigenvalue weighted by Crippen LogP contribution is 2.20. The van der Waals surface area contributed by atoms with E-state index in [0.29, 0.717) is 24.5 Å². The summed E-state index contributed by atoms with van der Waals surface area (Å²) in [5.41, 5.74) is -0.277. The molecule has 0 bridgehead atoms. The number of hydrogen-bond donors (Lipinski definition) is 2. The molecule has 1 amide bonds. The summed E-state index contributed by atoms with van der Waals surface area (Å²) in [5.74, 6) is -0.534. The Morgan fingerprint density at radius 2 is 1.87 bits per heavy atom. The van der Waals surface area contributed by atoms with Crippen molar-refractivity contribution >= 4 is 12.1 Å². The highest BCUT2D eigenvalue weighted by molar-refractivity contribution is 5.81. The van der Waals surface area contributed by atoms with Gasteiger partial charge in [0, 0.05) is 13.2 Å². The molecule has 2 atom stereocenters. The van der Waals surface area contributed by atoms with Crippen molar-refractivity contribution in [1.29, 1.82) is 0 Å². The molecule has 0 saturated carbocycles. The fraction of sp³-hybridized carbons (Fsp3) is 0.636. The zero-order chi connectivity index (χ0) is 22.0. The first-order valence-electron chi connectivity index (χ1n) is 10.4. The van der Waals surface area contributed by atoms with Gasteiger partial charge in [-0.1, -0.05) is 12.1 Å². The fourth-order valence-electron chi connectivity index (χ4n) is 2.92. The number of carbonyl (C=O) groups excluding carboxylic acids is 1. The molecular weight excluding hydrogens is 390 g/mol. The number of carboxylic acid groups (broad SMARTS) is 1. The molecule has 1 fully saturated rings. The summed E-state index contributed by atoms with van der Waals surface area (Å²) < 4.78 is 22.0. The largest absolute Gasteiger partial charge is 0.494 e. The molecule has 1 aliphatic rings. The molecule has 1 aromatic rings. The monoisotopic (exact) mass is 423 g/mol. The Kier molecular flexibility index (Phi) is 9.39. The molecule has 1 saturated heterocycles. The maximum atomic E-state index is 11.9. The molecule has 2 rings (SSSR count). The van der Waals surface area contributed by atoms with Crippen LogP contribution < -0.4 is 10.1 Å². The number of benzene rings is 1. The number of aliphatic carboxylic acids is 1. The zero-order valence-electron chi connectivity index (χ0n) is 18.0. The first-order valence-corrected chi connectivity index (χ1v) is 10.4. The van der Waals surface area contributed by atoms with E-state index in [4.69, 9.17) is 18.9 Å². The fourth-order valence-corrected chi connectivity index (χ4v) is 2.92. The third-order valence-electron chi connectivity index (χ3n) is 4.37. The molecule has 2 N–H and O–H groups in total. The van der Waals surface area contributed by atoms with Crippen LogP contribution in [0.2, 0.25) is 0 Å². The Morgan fingerprint density at radius 3 is 2.47 bits per heavy atom. The average Bonchev–Trinajstić information content (AvgIpc) is 2.68. The number of rotatable bonds is 10. The Morgan fingerprint density at radius 1 is 1.17 bits per heavy atom. The Hall–Kier alpha value is -2.32. The van der Waals surface area contributed by atoms with Crippen LogP contribution in [0.4, 0.5) is 4.79 Å². The summed E-state index contributed by atoms with van der Waals surface area (Å²) in [7, 11) is 0. The van der Waals surface area contributed by atoms with E-state index in [0.717, 1.165) is 38.7 Å². The molecule has 2 unspecified atom stereocenters. The number of alkyl carbamates (subject to hydrolysis) is 1. The molecule has 168 valence electrons. The van der Waals surface area contributed by atoms with Crippen molar-refractivity contribution in [2.24, 2.45) is 0 Å². The van der Waals surface area contributed by atoms with E-state index in [-0.39, 0.29) is 6.29 Å². The van der Waals surface area contributed by atoms with E-state index in [2.05, 4.69) is 5.32 Å². The van der Waals surface area contributed by atoms with Crippen LogP contribution in [0.15, 0.2) is 24.3 Å². The second kappa shape index (κ2) is 11.8. The van der Waals surface area contributed by atoms with Gasteiger partial charge in [-0.2, -0.15) is 0 Å². The van der Waals surface area contributed by atoms with E-state index in [1.165, 1.54) is 0 Å². The second-order valence-corrected chi connectivity index (χ2v) is 8.21. The lowest BCUT2D eigenvalue weighted by atomic mass is 10.1. The van der Waals surface area contributed by atoms with Gasteiger partial charge in [0.15, 0.2) is 12.3 Å². The van der Waals surface area contributed by atoms with Crippen LogP contribution in [-0.4, -0.2) is 48.9 Å². The molecule has 1 aliphatic heterocycles. The van der Waals surface area contributed by atoms with Crippen molar-refractivity contribution in [3.63, 3.8) is 0 Å². The maximum Gasteiger partial charge on any atom is 0.408 e. The lowest BCUT2D eigenvalue weighted by Gasteiger charge is -2.22. The standard InChI is InChI=1S/C22H33NO7/c1-22(2,3)30-21(26)23-19(20(24)25)16-9-11-17(12-10-16)27-13-6-7-15-29-18-8-4-5-14-28-18/h9-12,18-19H,4-8,13-15H2,1-3H3,(H,23,26)(H,24,25). The summed E-state index contributed by atoms with van der Waals surface area (Å²) in [6.07, 6.45) is 4.09. The summed E-state index contributed by atoms with van der Waals surface area (Å²) >= 11 is 0. The first kappa shape index (κ1) is 24.0. The van der Waals surface area contributed by atoms with Gasteiger partial charge in [0.1, 0.15) is 11.4 Å². The highest BCUT2D eigenvalue weighted by Gasteiger charge is 2.25. The zero-order valence-corrected chi connectivity index (χ0v) is 18.0. The van der Waals surface area contributed by atoms with Crippen LogP contribution >= 0.6 is 0 Å². The Balaban J connectivity index is 1.72. The van der Waals surface area contributed by atoms with Gasteiger partial charge in [-0.3, -0.25) is 0 Å². The van der Waals surface area contributed by atoms with Crippen LogP contribution in [0.1, 0.15) is 64.5 Å². The van der Waals surface area contributed by atoms with Gasteiger partial charge in [0.05, 0.1) is 6.61 Å². The number of carbonyl (C=O) groups is 2. The number of amides is 1. The maximum absolute atomic E-state index is 11.9. The first-order chi connectivity index (χ1) is 14.2. The van der Waals surface area contributed by atoms with Gasteiger partial charge in [-0.05, 0) is 70.6 Å². The minimum absolute atomic E-state index is 0.0660. The van der Waals surface area contributed by atoms with Crippen molar-refractivity contribution < 1.29 is 33.6 Å². The van der Waals surface area contributed by atoms with Gasteiger partial charge >= 0.3 is 12.1 Å². The van der Waals surface area contributed by atoms with Gasteiger partial charge < -0.3 is 29.4 Å².